The molecular weight excluding hydrogens is 222 g/mol. The highest BCUT2D eigenvalue weighted by Crippen LogP contribution is 2.27. The fourth-order valence-corrected chi connectivity index (χ4v) is 2.73. The SMILES string of the molecule is CCCc1ccc(C(NCC)C2CCCO2)cc1. The van der Waals surface area contributed by atoms with Crippen LogP contribution in [0.3, 0.4) is 0 Å². The van der Waals surface area contributed by atoms with Gasteiger partial charge in [0, 0.05) is 6.61 Å². The molecular formula is C16H25NO. The van der Waals surface area contributed by atoms with Crippen LogP contribution < -0.4 is 5.32 Å². The first-order valence-electron chi connectivity index (χ1n) is 7.29. The summed E-state index contributed by atoms with van der Waals surface area (Å²) in [4.78, 5) is 0. The van der Waals surface area contributed by atoms with Gasteiger partial charge in [0.1, 0.15) is 0 Å². The third kappa shape index (κ3) is 3.33. The standard InChI is InChI=1S/C16H25NO/c1-3-6-13-8-10-14(11-9-13)16(17-4-2)15-7-5-12-18-15/h8-11,15-17H,3-7,12H2,1-2H3. The molecule has 2 unspecified atom stereocenters. The van der Waals surface area contributed by atoms with Gasteiger partial charge in [0.05, 0.1) is 12.1 Å². The van der Waals surface area contributed by atoms with Crippen LogP contribution in [0.25, 0.3) is 0 Å². The number of likely N-dealkylation sites (N-methyl/N-ethyl adjacent to an activating group) is 1. The lowest BCUT2D eigenvalue weighted by atomic mass is 9.97. The highest BCUT2D eigenvalue weighted by atomic mass is 16.5. The van der Waals surface area contributed by atoms with Gasteiger partial charge >= 0.3 is 0 Å². The number of rotatable bonds is 6. The summed E-state index contributed by atoms with van der Waals surface area (Å²) >= 11 is 0. The van der Waals surface area contributed by atoms with Gasteiger partial charge < -0.3 is 10.1 Å². The molecule has 1 aliphatic heterocycles. The van der Waals surface area contributed by atoms with Crippen molar-refractivity contribution < 1.29 is 4.74 Å². The molecule has 1 N–H and O–H groups in total. The summed E-state index contributed by atoms with van der Waals surface area (Å²) in [5.74, 6) is 0. The minimum Gasteiger partial charge on any atom is -0.376 e. The smallest absolute Gasteiger partial charge is 0.0770 e. The molecule has 0 amide bonds. The quantitative estimate of drug-likeness (QED) is 0.831. The van der Waals surface area contributed by atoms with E-state index in [0.717, 1.165) is 13.2 Å². The number of nitrogens with one attached hydrogen (secondary N) is 1. The lowest BCUT2D eigenvalue weighted by molar-refractivity contribution is 0.0788. The van der Waals surface area contributed by atoms with E-state index in [4.69, 9.17) is 4.74 Å². The Labute approximate surface area is 111 Å². The van der Waals surface area contributed by atoms with Crippen LogP contribution in [0, 0.1) is 0 Å². The topological polar surface area (TPSA) is 21.3 Å². The second-order valence-corrected chi connectivity index (χ2v) is 5.08. The highest BCUT2D eigenvalue weighted by molar-refractivity contribution is 5.26. The summed E-state index contributed by atoms with van der Waals surface area (Å²) in [6.45, 7) is 6.29. The molecule has 1 aromatic carbocycles. The Bertz CT molecular complexity index is 341. The number of benzene rings is 1. The van der Waals surface area contributed by atoms with Crippen molar-refractivity contribution in [1.29, 1.82) is 0 Å². The van der Waals surface area contributed by atoms with E-state index in [1.807, 2.05) is 0 Å². The molecule has 2 atom stereocenters. The number of aryl methyl sites for hydroxylation is 1. The maximum atomic E-state index is 5.84. The van der Waals surface area contributed by atoms with E-state index in [1.54, 1.807) is 0 Å². The van der Waals surface area contributed by atoms with Crippen LogP contribution in [-0.4, -0.2) is 19.3 Å². The van der Waals surface area contributed by atoms with Gasteiger partial charge in [-0.1, -0.05) is 44.5 Å². The maximum Gasteiger partial charge on any atom is 0.0770 e. The number of hydrogen-bond donors (Lipinski definition) is 1. The van der Waals surface area contributed by atoms with Crippen LogP contribution in [0.5, 0.6) is 0 Å². The molecule has 2 heteroatoms. The van der Waals surface area contributed by atoms with E-state index >= 15 is 0 Å². The van der Waals surface area contributed by atoms with Gasteiger partial charge in [-0.15, -0.1) is 0 Å². The Morgan fingerprint density at radius 1 is 1.28 bits per heavy atom. The van der Waals surface area contributed by atoms with E-state index in [0.29, 0.717) is 12.1 Å². The Hall–Kier alpha value is -0.860. The van der Waals surface area contributed by atoms with Gasteiger partial charge in [0.25, 0.3) is 0 Å². The van der Waals surface area contributed by atoms with Crippen LogP contribution >= 0.6 is 0 Å². The number of ether oxygens (including phenoxy) is 1. The van der Waals surface area contributed by atoms with Crippen molar-refractivity contribution in [3.63, 3.8) is 0 Å². The van der Waals surface area contributed by atoms with Gasteiger partial charge in [-0.3, -0.25) is 0 Å². The lowest BCUT2D eigenvalue weighted by Gasteiger charge is -2.24. The molecule has 0 spiro atoms. The normalized spacial score (nSPS) is 21.1. The third-order valence-electron chi connectivity index (χ3n) is 3.64. The summed E-state index contributed by atoms with van der Waals surface area (Å²) in [6, 6.07) is 9.41. The third-order valence-corrected chi connectivity index (χ3v) is 3.64. The molecule has 0 saturated carbocycles. The van der Waals surface area contributed by atoms with E-state index in [1.165, 1.54) is 36.8 Å². The summed E-state index contributed by atoms with van der Waals surface area (Å²) in [7, 11) is 0. The van der Waals surface area contributed by atoms with Gasteiger partial charge in [-0.25, -0.2) is 0 Å². The zero-order chi connectivity index (χ0) is 12.8. The zero-order valence-electron chi connectivity index (χ0n) is 11.6. The Morgan fingerprint density at radius 2 is 2.06 bits per heavy atom. The van der Waals surface area contributed by atoms with Crippen molar-refractivity contribution in [3.05, 3.63) is 35.4 Å². The first-order valence-corrected chi connectivity index (χ1v) is 7.29. The minimum absolute atomic E-state index is 0.349. The van der Waals surface area contributed by atoms with E-state index in [2.05, 4.69) is 43.4 Å². The average Bonchev–Trinajstić information content (AvgIpc) is 2.91. The highest BCUT2D eigenvalue weighted by Gasteiger charge is 2.26. The van der Waals surface area contributed by atoms with Crippen molar-refractivity contribution in [1.82, 2.24) is 5.32 Å². The molecule has 0 bridgehead atoms. The predicted molar refractivity (Wildman–Crippen MR) is 75.8 cm³/mol. The van der Waals surface area contributed by atoms with Crippen molar-refractivity contribution in [3.8, 4) is 0 Å². The average molecular weight is 247 g/mol. The van der Waals surface area contributed by atoms with Crippen molar-refractivity contribution in [2.75, 3.05) is 13.2 Å². The predicted octanol–water partition coefficient (Wildman–Crippen LogP) is 3.47. The zero-order valence-corrected chi connectivity index (χ0v) is 11.6. The number of hydrogen-bond acceptors (Lipinski definition) is 2. The van der Waals surface area contributed by atoms with Gasteiger partial charge in [0.15, 0.2) is 0 Å². The van der Waals surface area contributed by atoms with E-state index in [-0.39, 0.29) is 0 Å². The molecule has 1 fully saturated rings. The summed E-state index contributed by atoms with van der Waals surface area (Å²) in [5, 5.41) is 3.57. The summed E-state index contributed by atoms with van der Waals surface area (Å²) < 4.78 is 5.84. The van der Waals surface area contributed by atoms with Crippen LogP contribution in [0.1, 0.15) is 50.3 Å². The molecule has 2 nitrogen and oxygen atoms in total. The van der Waals surface area contributed by atoms with Gasteiger partial charge in [-0.05, 0) is 36.9 Å². The molecule has 1 heterocycles. The van der Waals surface area contributed by atoms with E-state index < -0.39 is 0 Å². The fraction of sp³-hybridized carbons (Fsp3) is 0.625. The Kier molecular flexibility index (Phi) is 5.21. The van der Waals surface area contributed by atoms with Gasteiger partial charge in [0.2, 0.25) is 0 Å². The second kappa shape index (κ2) is 6.91. The largest absolute Gasteiger partial charge is 0.376 e. The molecule has 1 saturated heterocycles. The first-order chi connectivity index (χ1) is 8.85. The Morgan fingerprint density at radius 3 is 2.61 bits per heavy atom. The fourth-order valence-electron chi connectivity index (χ4n) is 2.73. The first kappa shape index (κ1) is 13.6. The van der Waals surface area contributed by atoms with Crippen LogP contribution in [0.15, 0.2) is 24.3 Å². The molecule has 1 aliphatic rings. The summed E-state index contributed by atoms with van der Waals surface area (Å²) in [6.07, 6.45) is 5.10. The van der Waals surface area contributed by atoms with Gasteiger partial charge in [-0.2, -0.15) is 0 Å². The van der Waals surface area contributed by atoms with Crippen LogP contribution in [0.4, 0.5) is 0 Å². The summed E-state index contributed by atoms with van der Waals surface area (Å²) in [5.41, 5.74) is 2.80. The molecule has 0 aromatic heterocycles. The minimum atomic E-state index is 0.349. The molecule has 2 rings (SSSR count). The van der Waals surface area contributed by atoms with Crippen molar-refractivity contribution in [2.45, 2.75) is 51.7 Å². The Balaban J connectivity index is 2.09. The van der Waals surface area contributed by atoms with Crippen molar-refractivity contribution in [2.24, 2.45) is 0 Å². The molecule has 100 valence electrons. The molecule has 0 radical (unpaired) electrons. The van der Waals surface area contributed by atoms with Crippen LogP contribution in [0.2, 0.25) is 0 Å². The molecule has 18 heavy (non-hydrogen) atoms. The van der Waals surface area contributed by atoms with Crippen LogP contribution in [-0.2, 0) is 11.2 Å². The monoisotopic (exact) mass is 247 g/mol. The molecule has 0 aliphatic carbocycles. The van der Waals surface area contributed by atoms with E-state index in [9.17, 15) is 0 Å². The van der Waals surface area contributed by atoms with Crippen molar-refractivity contribution >= 4 is 0 Å². The maximum absolute atomic E-state index is 5.84. The lowest BCUT2D eigenvalue weighted by Crippen LogP contribution is -2.31. The second-order valence-electron chi connectivity index (χ2n) is 5.08. The molecule has 1 aromatic rings.